The second kappa shape index (κ2) is 12.5. The number of hydrogen-bond donors (Lipinski definition) is 1. The maximum absolute atomic E-state index is 12.1. The van der Waals surface area contributed by atoms with E-state index in [1.54, 1.807) is 24.3 Å². The molecule has 1 radical (unpaired) electrons. The first kappa shape index (κ1) is 29.5. The molecule has 0 saturated carbocycles. The Kier molecular flexibility index (Phi) is 10.6. The summed E-state index contributed by atoms with van der Waals surface area (Å²) in [7, 11) is 0. The van der Waals surface area contributed by atoms with E-state index in [9.17, 15) is 9.59 Å². The molecule has 0 fully saturated rings. The number of thiazole rings is 1. The Bertz CT molecular complexity index is 1130. The van der Waals surface area contributed by atoms with Gasteiger partial charge in [0.2, 0.25) is 5.91 Å². The summed E-state index contributed by atoms with van der Waals surface area (Å²) in [4.78, 5) is 28.6. The molecule has 0 bridgehead atoms. The Labute approximate surface area is 239 Å². The molecule has 2 aromatic carbocycles. The molecule has 1 amide bonds. The van der Waals surface area contributed by atoms with Crippen LogP contribution < -0.4 is 5.32 Å². The summed E-state index contributed by atoms with van der Waals surface area (Å²) < 4.78 is 0. The van der Waals surface area contributed by atoms with E-state index in [0.717, 1.165) is 24.3 Å². The largest absolute Gasteiger partial charge is 0.349 e. The number of fused-ring (bicyclic) bond motifs is 1. The fraction of sp³-hybridized carbons (Fsp3) is 0.414. The van der Waals surface area contributed by atoms with Crippen LogP contribution in [0, 0.1) is 11.5 Å². The molecule has 35 heavy (non-hydrogen) atoms. The van der Waals surface area contributed by atoms with Crippen molar-refractivity contribution < 1.29 is 42.3 Å². The van der Waals surface area contributed by atoms with E-state index >= 15 is 0 Å². The van der Waals surface area contributed by atoms with Crippen molar-refractivity contribution in [3.05, 3.63) is 87.4 Å². The molecule has 0 saturated heterocycles. The van der Waals surface area contributed by atoms with Crippen LogP contribution in [0.2, 0.25) is 0 Å². The molecule has 183 valence electrons. The zero-order valence-corrected chi connectivity index (χ0v) is 25.3. The van der Waals surface area contributed by atoms with Crippen molar-refractivity contribution in [2.24, 2.45) is 5.41 Å². The van der Waals surface area contributed by atoms with Crippen LogP contribution >= 0.6 is 11.3 Å². The van der Waals surface area contributed by atoms with E-state index in [0.29, 0.717) is 11.3 Å². The number of ketones is 1. The van der Waals surface area contributed by atoms with E-state index in [4.69, 9.17) is 0 Å². The number of hydrogen-bond acceptors (Lipinski definition) is 4. The van der Waals surface area contributed by atoms with Gasteiger partial charge < -0.3 is 5.32 Å². The monoisotopic (exact) mass is 564 g/mol. The number of aromatic nitrogens is 1. The van der Waals surface area contributed by atoms with Crippen LogP contribution in [0.5, 0.6) is 0 Å². The topological polar surface area (TPSA) is 59.1 Å². The van der Waals surface area contributed by atoms with Crippen molar-refractivity contribution in [1.82, 2.24) is 10.3 Å². The van der Waals surface area contributed by atoms with Crippen LogP contribution in [0.15, 0.2) is 53.9 Å². The Morgan fingerprint density at radius 2 is 1.69 bits per heavy atom. The number of aryl methyl sites for hydroxylation is 1. The molecule has 3 aromatic rings. The zero-order valence-electron chi connectivity index (χ0n) is 21.6. The van der Waals surface area contributed by atoms with Crippen molar-refractivity contribution in [2.75, 3.05) is 0 Å². The number of nitrogens with one attached hydrogen (secondary N) is 1. The second-order valence-electron chi connectivity index (χ2n) is 10.8. The molecule has 1 unspecified atom stereocenters. The number of amides is 1. The van der Waals surface area contributed by atoms with Gasteiger partial charge in [-0.15, -0.1) is 11.3 Å². The van der Waals surface area contributed by atoms with Gasteiger partial charge in [0.25, 0.3) is 0 Å². The Morgan fingerprint density at radius 3 is 2.29 bits per heavy atom. The Hall–Kier alpha value is -1.69. The molecule has 1 aliphatic carbocycles. The second-order valence-corrected chi connectivity index (χ2v) is 11.6. The van der Waals surface area contributed by atoms with E-state index in [2.05, 4.69) is 61.4 Å². The van der Waals surface area contributed by atoms with Crippen molar-refractivity contribution in [2.45, 2.75) is 72.3 Å². The number of carbonyl (C=O) groups excluding carboxylic acids is 2. The smallest absolute Gasteiger partial charge is 0.225 e. The minimum Gasteiger partial charge on any atom is -0.349 e. The van der Waals surface area contributed by atoms with Gasteiger partial charge >= 0.3 is 0 Å². The summed E-state index contributed by atoms with van der Waals surface area (Å²) >= 11 is 1.54. The minimum absolute atomic E-state index is 0. The average Bonchev–Trinajstić information content (AvgIpc) is 3.30. The van der Waals surface area contributed by atoms with Crippen LogP contribution in [0.4, 0.5) is 0 Å². The van der Waals surface area contributed by atoms with Crippen LogP contribution in [-0.2, 0) is 49.3 Å². The molecule has 1 N–H and O–H groups in total. The van der Waals surface area contributed by atoms with Gasteiger partial charge in [0.15, 0.2) is 5.78 Å². The Morgan fingerprint density at radius 1 is 1.03 bits per heavy atom. The summed E-state index contributed by atoms with van der Waals surface area (Å²) in [5.74, 6) is 0.116. The molecular weight excluding hydrogens is 529 g/mol. The quantitative estimate of drug-likeness (QED) is 0.285. The van der Waals surface area contributed by atoms with Crippen molar-refractivity contribution >= 4 is 23.0 Å². The van der Waals surface area contributed by atoms with Crippen LogP contribution in [0.25, 0.3) is 0 Å². The van der Waals surface area contributed by atoms with Gasteiger partial charge in [-0.2, -0.15) is 30.3 Å². The third-order valence-corrected chi connectivity index (χ3v) is 6.98. The maximum Gasteiger partial charge on any atom is 0.225 e. The van der Waals surface area contributed by atoms with Gasteiger partial charge in [-0.25, -0.2) is 4.98 Å². The van der Waals surface area contributed by atoms with Crippen LogP contribution in [0.3, 0.4) is 0 Å². The molecule has 1 heterocycles. The summed E-state index contributed by atoms with van der Waals surface area (Å²) in [6.45, 7) is 12.2. The number of carbonyl (C=O) groups is 2. The number of rotatable bonds is 3. The SMILES string of the molecule is CC(C)(C)C(=O)NC1CCCc2ccccc21.CC(C)(C)c1nc(C(=O)c2cc[c-]cc2)cs1.[Y]. The van der Waals surface area contributed by atoms with E-state index in [1.807, 2.05) is 26.2 Å². The first-order valence-electron chi connectivity index (χ1n) is 11.8. The summed E-state index contributed by atoms with van der Waals surface area (Å²) in [6, 6.07) is 18.5. The average molecular weight is 565 g/mol. The molecule has 0 aliphatic heterocycles. The first-order chi connectivity index (χ1) is 16.0. The number of nitrogens with zero attached hydrogens (tertiary/aromatic N) is 1. The normalized spacial score (nSPS) is 15.1. The molecule has 6 heteroatoms. The fourth-order valence-corrected chi connectivity index (χ4v) is 4.57. The summed E-state index contributed by atoms with van der Waals surface area (Å²) in [5, 5.41) is 6.00. The fourth-order valence-electron chi connectivity index (χ4n) is 3.69. The summed E-state index contributed by atoms with van der Waals surface area (Å²) in [5.41, 5.74) is 3.56. The van der Waals surface area contributed by atoms with Crippen LogP contribution in [-0.4, -0.2) is 16.7 Å². The molecule has 0 spiro atoms. The number of benzene rings is 2. The van der Waals surface area contributed by atoms with Gasteiger partial charge in [0, 0.05) is 48.9 Å². The van der Waals surface area contributed by atoms with Crippen molar-refractivity contribution in [3.63, 3.8) is 0 Å². The molecule has 1 aromatic heterocycles. The van der Waals surface area contributed by atoms with Gasteiger partial charge in [-0.1, -0.05) is 71.4 Å². The third kappa shape index (κ3) is 8.16. The van der Waals surface area contributed by atoms with Gasteiger partial charge in [0.05, 0.1) is 11.0 Å². The summed E-state index contributed by atoms with van der Waals surface area (Å²) in [6.07, 6.45) is 3.35. The molecule has 1 aliphatic rings. The van der Waals surface area contributed by atoms with Crippen molar-refractivity contribution in [3.8, 4) is 0 Å². The first-order valence-corrected chi connectivity index (χ1v) is 12.7. The predicted molar refractivity (Wildman–Crippen MR) is 139 cm³/mol. The maximum atomic E-state index is 12.1. The van der Waals surface area contributed by atoms with Crippen LogP contribution in [0.1, 0.15) is 92.6 Å². The zero-order chi connectivity index (χ0) is 24.9. The Balaban J connectivity index is 0.000000240. The van der Waals surface area contributed by atoms with Gasteiger partial charge in [-0.05, 0) is 30.4 Å². The van der Waals surface area contributed by atoms with E-state index in [-0.39, 0.29) is 61.3 Å². The third-order valence-electron chi connectivity index (χ3n) is 5.71. The molecular formula is C29H35N2O2SY-. The minimum atomic E-state index is -0.313. The molecule has 4 nitrogen and oxygen atoms in total. The van der Waals surface area contributed by atoms with E-state index in [1.165, 1.54) is 22.5 Å². The van der Waals surface area contributed by atoms with Gasteiger partial charge in [-0.3, -0.25) is 9.59 Å². The molecule has 4 rings (SSSR count). The van der Waals surface area contributed by atoms with E-state index < -0.39 is 0 Å². The predicted octanol–water partition coefficient (Wildman–Crippen LogP) is 6.70. The van der Waals surface area contributed by atoms with Gasteiger partial charge in [0.1, 0.15) is 5.69 Å². The van der Waals surface area contributed by atoms with Crippen molar-refractivity contribution in [1.29, 1.82) is 0 Å². The standard InChI is InChI=1S/C15H21NO.C14H14NOS.Y/c1-15(2,3)14(17)16-13-10-6-8-11-7-4-5-9-12(11)13;1-14(2,3)13-15-11(9-17-13)12(16)10-7-5-4-6-8-10;/h4-5,7,9,13H,6,8,10H2,1-3H3,(H,16,17);5-9H,1-3H3;/q;-1;. The molecule has 1 atom stereocenters.